The van der Waals surface area contributed by atoms with E-state index in [9.17, 15) is 15.6 Å². The van der Waals surface area contributed by atoms with Crippen molar-refractivity contribution in [3.8, 4) is 12.1 Å². The Bertz CT molecular complexity index is 1360. The highest BCUT2D eigenvalue weighted by molar-refractivity contribution is 7.99. The van der Waals surface area contributed by atoms with Gasteiger partial charge in [-0.3, -0.25) is 0 Å². The Morgan fingerprint density at radius 1 is 1.15 bits per heavy atom. The summed E-state index contributed by atoms with van der Waals surface area (Å²) in [6.45, 7) is 1.71. The molecule has 1 aliphatic rings. The number of hydrogen-bond donors (Lipinski definition) is 1. The molecule has 34 heavy (non-hydrogen) atoms. The predicted octanol–water partition coefficient (Wildman–Crippen LogP) is 6.19. The van der Waals surface area contributed by atoms with Crippen LogP contribution in [0.25, 0.3) is 0 Å². The Hall–Kier alpha value is -1.97. The molecule has 174 valence electrons. The van der Waals surface area contributed by atoms with Crippen LogP contribution < -0.4 is 0 Å². The van der Waals surface area contributed by atoms with Crippen molar-refractivity contribution in [2.45, 2.75) is 53.3 Å². The lowest BCUT2D eigenvalue weighted by Gasteiger charge is -2.33. The SMILES string of the molecule is Cc1c(Cl)c(Sc2ncnn2CC(O)(Cc2ccccc2Cl)C2(Cl)CC2)c(C#N)c(Cl)c1C#N. The van der Waals surface area contributed by atoms with Crippen LogP contribution in [-0.4, -0.2) is 30.3 Å². The third-order valence-corrected chi connectivity index (χ3v) is 9.11. The van der Waals surface area contributed by atoms with Gasteiger partial charge in [0.1, 0.15) is 24.1 Å². The number of nitrogens with zero attached hydrogens (tertiary/aromatic N) is 5. The van der Waals surface area contributed by atoms with E-state index in [4.69, 9.17) is 46.4 Å². The van der Waals surface area contributed by atoms with E-state index >= 15 is 0 Å². The first-order valence-electron chi connectivity index (χ1n) is 10.2. The van der Waals surface area contributed by atoms with Gasteiger partial charge in [-0.2, -0.15) is 15.6 Å². The highest BCUT2D eigenvalue weighted by Gasteiger charge is 2.58. The maximum atomic E-state index is 11.7. The Kier molecular flexibility index (Phi) is 7.09. The van der Waals surface area contributed by atoms with Gasteiger partial charge >= 0.3 is 0 Å². The van der Waals surface area contributed by atoms with Gasteiger partial charge < -0.3 is 5.11 Å². The molecule has 1 N–H and O–H groups in total. The van der Waals surface area contributed by atoms with Gasteiger partial charge in [-0.1, -0.05) is 53.0 Å². The van der Waals surface area contributed by atoms with E-state index in [0.717, 1.165) is 17.3 Å². The lowest BCUT2D eigenvalue weighted by molar-refractivity contribution is 0.00526. The normalized spacial score (nSPS) is 15.9. The smallest absolute Gasteiger partial charge is 0.191 e. The highest BCUT2D eigenvalue weighted by Crippen LogP contribution is 2.53. The van der Waals surface area contributed by atoms with Crippen LogP contribution in [0.3, 0.4) is 0 Å². The molecule has 6 nitrogen and oxygen atoms in total. The second kappa shape index (κ2) is 9.59. The number of aromatic nitrogens is 3. The Morgan fingerprint density at radius 2 is 1.82 bits per heavy atom. The first-order valence-corrected chi connectivity index (χ1v) is 12.5. The van der Waals surface area contributed by atoms with Gasteiger partial charge in [-0.15, -0.1) is 11.6 Å². The topological polar surface area (TPSA) is 98.5 Å². The Labute approximate surface area is 221 Å². The van der Waals surface area contributed by atoms with E-state index < -0.39 is 10.5 Å². The van der Waals surface area contributed by atoms with Gasteiger partial charge in [0.05, 0.1) is 37.5 Å². The lowest BCUT2D eigenvalue weighted by Crippen LogP contribution is -2.47. The van der Waals surface area contributed by atoms with Gasteiger partial charge in [0, 0.05) is 11.4 Å². The third-order valence-electron chi connectivity index (χ3n) is 5.94. The zero-order valence-electron chi connectivity index (χ0n) is 17.8. The van der Waals surface area contributed by atoms with E-state index in [1.54, 1.807) is 13.0 Å². The van der Waals surface area contributed by atoms with Gasteiger partial charge in [-0.05, 0) is 48.7 Å². The quantitative estimate of drug-likeness (QED) is 0.351. The summed E-state index contributed by atoms with van der Waals surface area (Å²) in [5.74, 6) is 0. The molecule has 1 aliphatic carbocycles. The van der Waals surface area contributed by atoms with E-state index in [-0.39, 0.29) is 34.1 Å². The minimum absolute atomic E-state index is 0.0355. The number of aliphatic hydroxyl groups is 1. The molecule has 2 aromatic carbocycles. The van der Waals surface area contributed by atoms with Crippen LogP contribution in [0.1, 0.15) is 35.1 Å². The fourth-order valence-electron chi connectivity index (χ4n) is 3.78. The van der Waals surface area contributed by atoms with Gasteiger partial charge in [0.25, 0.3) is 0 Å². The number of benzene rings is 2. The van der Waals surface area contributed by atoms with Crippen LogP contribution in [-0.2, 0) is 13.0 Å². The summed E-state index contributed by atoms with van der Waals surface area (Å²) < 4.78 is 1.53. The number of rotatable bonds is 7. The van der Waals surface area contributed by atoms with Crippen molar-refractivity contribution in [2.75, 3.05) is 0 Å². The van der Waals surface area contributed by atoms with Crippen molar-refractivity contribution in [2.24, 2.45) is 0 Å². The maximum absolute atomic E-state index is 11.7. The molecule has 3 aromatic rings. The zero-order chi connectivity index (χ0) is 24.7. The molecule has 1 saturated carbocycles. The van der Waals surface area contributed by atoms with Crippen LogP contribution in [0.5, 0.6) is 0 Å². The molecule has 0 saturated heterocycles. The number of nitriles is 2. The summed E-state index contributed by atoms with van der Waals surface area (Å²) in [7, 11) is 0. The predicted molar refractivity (Wildman–Crippen MR) is 133 cm³/mol. The molecule has 11 heteroatoms. The van der Waals surface area contributed by atoms with Crippen molar-refractivity contribution < 1.29 is 5.11 Å². The first-order chi connectivity index (χ1) is 16.1. The lowest BCUT2D eigenvalue weighted by atomic mass is 9.89. The van der Waals surface area contributed by atoms with Crippen LogP contribution in [0, 0.1) is 29.6 Å². The van der Waals surface area contributed by atoms with Crippen LogP contribution in [0.2, 0.25) is 15.1 Å². The van der Waals surface area contributed by atoms with Gasteiger partial charge in [0.15, 0.2) is 5.16 Å². The molecule has 1 heterocycles. The van der Waals surface area contributed by atoms with Crippen molar-refractivity contribution in [3.63, 3.8) is 0 Å². The van der Waals surface area contributed by atoms with Gasteiger partial charge in [-0.25, -0.2) is 9.67 Å². The average Bonchev–Trinajstić information content (AvgIpc) is 3.43. The van der Waals surface area contributed by atoms with Crippen molar-refractivity contribution in [3.05, 3.63) is 67.9 Å². The fraction of sp³-hybridized carbons (Fsp3) is 0.304. The summed E-state index contributed by atoms with van der Waals surface area (Å²) in [5.41, 5.74) is 0.117. The van der Waals surface area contributed by atoms with Crippen LogP contribution in [0.15, 0.2) is 40.6 Å². The Balaban J connectivity index is 1.71. The molecular weight excluding hydrogens is 536 g/mol. The average molecular weight is 553 g/mol. The molecule has 1 atom stereocenters. The second-order valence-corrected chi connectivity index (χ2v) is 11.0. The number of alkyl halides is 1. The van der Waals surface area contributed by atoms with Gasteiger partial charge in [0.2, 0.25) is 0 Å². The monoisotopic (exact) mass is 551 g/mol. The van der Waals surface area contributed by atoms with Crippen molar-refractivity contribution >= 4 is 58.2 Å². The Morgan fingerprint density at radius 3 is 2.44 bits per heavy atom. The maximum Gasteiger partial charge on any atom is 0.191 e. The summed E-state index contributed by atoms with van der Waals surface area (Å²) in [6.07, 6.45) is 2.89. The fourth-order valence-corrected chi connectivity index (χ4v) is 5.87. The van der Waals surface area contributed by atoms with E-state index in [2.05, 4.69) is 10.1 Å². The van der Waals surface area contributed by atoms with Crippen LogP contribution >= 0.6 is 58.2 Å². The summed E-state index contributed by atoms with van der Waals surface area (Å²) in [5, 5.41) is 36.3. The van der Waals surface area contributed by atoms with E-state index in [1.807, 2.05) is 30.3 Å². The highest BCUT2D eigenvalue weighted by atomic mass is 35.5. The molecule has 0 aliphatic heterocycles. The third kappa shape index (κ3) is 4.50. The molecule has 1 fully saturated rings. The van der Waals surface area contributed by atoms with Crippen molar-refractivity contribution in [1.29, 1.82) is 10.5 Å². The molecule has 0 spiro atoms. The first kappa shape index (κ1) is 25.1. The summed E-state index contributed by atoms with van der Waals surface area (Å²) in [6, 6.07) is 11.3. The molecule has 1 unspecified atom stereocenters. The molecule has 0 radical (unpaired) electrons. The molecule has 4 rings (SSSR count). The van der Waals surface area contributed by atoms with E-state index in [1.165, 1.54) is 11.0 Å². The minimum atomic E-state index is -1.36. The summed E-state index contributed by atoms with van der Waals surface area (Å²) in [4.78, 5) is 3.85. The molecule has 1 aromatic heterocycles. The minimum Gasteiger partial charge on any atom is -0.386 e. The zero-order valence-corrected chi connectivity index (χ0v) is 21.7. The number of hydrogen-bond acceptors (Lipinski definition) is 6. The van der Waals surface area contributed by atoms with E-state index in [0.29, 0.717) is 33.5 Å². The number of halogens is 4. The molecule has 0 bridgehead atoms. The largest absolute Gasteiger partial charge is 0.386 e. The summed E-state index contributed by atoms with van der Waals surface area (Å²) >= 11 is 27.0. The molecular formula is C23H17Cl4N5OS. The van der Waals surface area contributed by atoms with Crippen molar-refractivity contribution in [1.82, 2.24) is 14.8 Å². The molecule has 0 amide bonds. The second-order valence-electron chi connectivity index (χ2n) is 8.12. The standard InChI is InChI=1S/C23H17Cl4N5OS/c1-13-15(9-28)19(26)16(10-29)20(18(13)25)34-21-30-12-31-32(21)11-23(33,22(27)6-7-22)8-14-4-2-3-5-17(14)24/h2-5,12,33H,6-8,11H2,1H3. The van der Waals surface area contributed by atoms with Crippen LogP contribution in [0.4, 0.5) is 0 Å².